The average Bonchev–Trinajstić information content (AvgIpc) is 3.14. The summed E-state index contributed by atoms with van der Waals surface area (Å²) in [6, 6.07) is 9.09. The summed E-state index contributed by atoms with van der Waals surface area (Å²) in [4.78, 5) is 21.2. The van der Waals surface area contributed by atoms with Gasteiger partial charge in [0.25, 0.3) is 0 Å². The first-order valence-corrected chi connectivity index (χ1v) is 7.24. The van der Waals surface area contributed by atoms with Gasteiger partial charge >= 0.3 is 6.09 Å². The van der Waals surface area contributed by atoms with Gasteiger partial charge in [0.1, 0.15) is 10.8 Å². The van der Waals surface area contributed by atoms with Gasteiger partial charge < -0.3 is 4.98 Å². The normalized spacial score (nSPS) is 11.1. The molecule has 4 aromatic heterocycles. The van der Waals surface area contributed by atoms with Gasteiger partial charge in [-0.1, -0.05) is 11.6 Å². The van der Waals surface area contributed by atoms with Gasteiger partial charge in [-0.2, -0.15) is 0 Å². The third-order valence-corrected chi connectivity index (χ3v) is 3.74. The molecule has 4 aromatic rings. The van der Waals surface area contributed by atoms with Crippen molar-refractivity contribution < 1.29 is 14.3 Å². The fourth-order valence-electron chi connectivity index (χ4n) is 2.50. The van der Waals surface area contributed by atoms with Crippen LogP contribution in [0.3, 0.4) is 0 Å². The van der Waals surface area contributed by atoms with Crippen molar-refractivity contribution in [2.45, 2.75) is 0 Å². The molecule has 2 N–H and O–H groups in total. The number of nitrogens with zero attached hydrogens (tertiary/aromatic N) is 3. The summed E-state index contributed by atoms with van der Waals surface area (Å²) in [6.07, 6.45) is 2.24. The number of rotatable bonds is 2. The zero-order chi connectivity index (χ0) is 16.7. The van der Waals surface area contributed by atoms with E-state index in [1.807, 2.05) is 18.2 Å². The van der Waals surface area contributed by atoms with Crippen LogP contribution < -0.4 is 5.32 Å². The molecule has 1 amide bonds. The Morgan fingerprint density at radius 1 is 1.29 bits per heavy atom. The second-order valence-electron chi connectivity index (χ2n) is 5.08. The highest BCUT2D eigenvalue weighted by atomic mass is 35.5. The lowest BCUT2D eigenvalue weighted by Crippen LogP contribution is -2.09. The Bertz CT molecular complexity index is 1070. The molecular weight excluding hydrogens is 337 g/mol. The quantitative estimate of drug-likeness (QED) is 0.576. The van der Waals surface area contributed by atoms with E-state index in [4.69, 9.17) is 11.6 Å². The van der Waals surface area contributed by atoms with Crippen molar-refractivity contribution >= 4 is 40.1 Å². The van der Waals surface area contributed by atoms with Gasteiger partial charge in [-0.3, -0.25) is 5.32 Å². The molecule has 0 spiro atoms. The van der Waals surface area contributed by atoms with Crippen LogP contribution in [-0.2, 0) is 4.94 Å². The van der Waals surface area contributed by atoms with Crippen LogP contribution in [0.4, 0.5) is 15.1 Å². The molecule has 9 heteroatoms. The van der Waals surface area contributed by atoms with Crippen LogP contribution in [0.15, 0.2) is 42.7 Å². The van der Waals surface area contributed by atoms with Gasteiger partial charge in [-0.25, -0.2) is 19.2 Å². The fraction of sp³-hybridized carbons (Fsp3) is 0. The monoisotopic (exact) mass is 345 g/mol. The minimum atomic E-state index is -1.22. The summed E-state index contributed by atoms with van der Waals surface area (Å²) in [5.41, 5.74) is 3.24. The predicted molar refractivity (Wildman–Crippen MR) is 86.5 cm³/mol. The maximum absolute atomic E-state index is 11.8. The predicted octanol–water partition coefficient (Wildman–Crippen LogP) is 3.96. The summed E-state index contributed by atoms with van der Waals surface area (Å²) in [5.74, 6) is 0.181. The molecule has 0 radical (unpaired) electrons. The van der Waals surface area contributed by atoms with E-state index in [1.54, 1.807) is 29.0 Å². The Morgan fingerprint density at radius 3 is 3.00 bits per heavy atom. The van der Waals surface area contributed by atoms with Crippen LogP contribution in [0.2, 0.25) is 5.15 Å². The number of carbonyl (C=O) groups excluding carboxylic acids is 1. The lowest BCUT2D eigenvalue weighted by atomic mass is 10.1. The van der Waals surface area contributed by atoms with Gasteiger partial charge in [0, 0.05) is 33.9 Å². The number of anilines is 1. The van der Waals surface area contributed by atoms with E-state index in [0.717, 1.165) is 16.5 Å². The van der Waals surface area contributed by atoms with E-state index in [0.29, 0.717) is 16.3 Å². The van der Waals surface area contributed by atoms with Gasteiger partial charge in [0.2, 0.25) is 0 Å². The molecule has 4 heterocycles. The van der Waals surface area contributed by atoms with E-state index >= 15 is 0 Å². The Kier molecular flexibility index (Phi) is 3.31. The molecule has 0 aliphatic carbocycles. The lowest BCUT2D eigenvalue weighted by molar-refractivity contribution is -0.0544. The average molecular weight is 346 g/mol. The highest BCUT2D eigenvalue weighted by Gasteiger charge is 2.09. The minimum absolute atomic E-state index is 0.181. The molecule has 0 aliphatic heterocycles. The van der Waals surface area contributed by atoms with Crippen LogP contribution in [0, 0.1) is 0 Å². The molecule has 4 rings (SSSR count). The number of fused-ring (bicyclic) bond motifs is 2. The molecule has 0 fully saturated rings. The molecule has 0 bridgehead atoms. The molecular formula is C15H9ClFN5O2. The van der Waals surface area contributed by atoms with Gasteiger partial charge in [0.05, 0.1) is 5.52 Å². The molecule has 24 heavy (non-hydrogen) atoms. The van der Waals surface area contributed by atoms with Crippen LogP contribution >= 0.6 is 11.6 Å². The number of nitrogens with one attached hydrogen (secondary N) is 2. The molecule has 0 atom stereocenters. The number of aromatic nitrogens is 4. The molecule has 0 aliphatic rings. The zero-order valence-corrected chi connectivity index (χ0v) is 12.7. The first-order valence-electron chi connectivity index (χ1n) is 6.86. The maximum Gasteiger partial charge on any atom is 0.450 e. The largest absolute Gasteiger partial charge is 0.450 e. The van der Waals surface area contributed by atoms with Crippen molar-refractivity contribution in [3.8, 4) is 11.1 Å². The van der Waals surface area contributed by atoms with Crippen molar-refractivity contribution in [1.29, 1.82) is 0 Å². The first-order chi connectivity index (χ1) is 11.6. The second-order valence-corrected chi connectivity index (χ2v) is 5.49. The standard InChI is InChI=1S/C15H9ClFN5O2/c16-12-5-9-3-10(7-18-14(9)19-12)8-1-2-22-11(4-8)6-13(21-22)20-15(23)24-17/h1-7H,(H,18,19)(H,20,21,23). The minimum Gasteiger partial charge on any atom is -0.330 e. The molecule has 0 saturated carbocycles. The number of H-pyrrole nitrogens is 1. The van der Waals surface area contributed by atoms with Crippen LogP contribution in [0.25, 0.3) is 27.7 Å². The van der Waals surface area contributed by atoms with Gasteiger partial charge in [-0.05, 0) is 29.8 Å². The number of aromatic amines is 1. The SMILES string of the molecule is O=C(Nc1cc2cc(-c3cnc4[nH]c(Cl)cc4c3)ccn2n1)OF. The van der Waals surface area contributed by atoms with Crippen LogP contribution in [0.1, 0.15) is 0 Å². The van der Waals surface area contributed by atoms with Gasteiger partial charge in [0.15, 0.2) is 5.82 Å². The van der Waals surface area contributed by atoms with Crippen molar-refractivity contribution in [2.75, 3.05) is 5.32 Å². The number of halogens is 2. The molecule has 0 unspecified atom stereocenters. The van der Waals surface area contributed by atoms with E-state index < -0.39 is 6.09 Å². The molecule has 120 valence electrons. The summed E-state index contributed by atoms with van der Waals surface area (Å²) in [7, 11) is 0. The number of hydrogen-bond acceptors (Lipinski definition) is 4. The lowest BCUT2D eigenvalue weighted by Gasteiger charge is -2.02. The summed E-state index contributed by atoms with van der Waals surface area (Å²) in [5, 5.41) is 7.68. The smallest absolute Gasteiger partial charge is 0.330 e. The Morgan fingerprint density at radius 2 is 2.17 bits per heavy atom. The number of hydrogen-bond donors (Lipinski definition) is 2. The van der Waals surface area contributed by atoms with E-state index in [2.05, 4.69) is 25.3 Å². The van der Waals surface area contributed by atoms with Gasteiger partial charge in [-0.15, -0.1) is 5.10 Å². The van der Waals surface area contributed by atoms with Crippen LogP contribution in [-0.4, -0.2) is 25.7 Å². The van der Waals surface area contributed by atoms with Crippen molar-refractivity contribution in [2.24, 2.45) is 0 Å². The van der Waals surface area contributed by atoms with E-state index in [1.165, 1.54) is 0 Å². The Labute approximate surface area is 138 Å². The molecule has 0 saturated heterocycles. The summed E-state index contributed by atoms with van der Waals surface area (Å²) in [6.45, 7) is 0. The second kappa shape index (κ2) is 5.50. The van der Waals surface area contributed by atoms with Crippen molar-refractivity contribution in [3.63, 3.8) is 0 Å². The Hall–Kier alpha value is -3.13. The third-order valence-electron chi connectivity index (χ3n) is 3.53. The first kappa shape index (κ1) is 14.5. The highest BCUT2D eigenvalue weighted by molar-refractivity contribution is 6.30. The third kappa shape index (κ3) is 2.52. The molecule has 0 aromatic carbocycles. The Balaban J connectivity index is 1.73. The fourth-order valence-corrected chi connectivity index (χ4v) is 2.71. The maximum atomic E-state index is 11.8. The number of carbonyl (C=O) groups is 1. The summed E-state index contributed by atoms with van der Waals surface area (Å²) < 4.78 is 13.3. The zero-order valence-electron chi connectivity index (χ0n) is 12.0. The number of amides is 1. The van der Waals surface area contributed by atoms with Crippen molar-refractivity contribution in [1.82, 2.24) is 19.6 Å². The number of pyridine rings is 2. The van der Waals surface area contributed by atoms with Crippen LogP contribution in [0.5, 0.6) is 0 Å². The van der Waals surface area contributed by atoms with E-state index in [9.17, 15) is 9.32 Å². The van der Waals surface area contributed by atoms with Crippen molar-refractivity contribution in [3.05, 3.63) is 47.9 Å². The van der Waals surface area contributed by atoms with E-state index in [-0.39, 0.29) is 5.82 Å². The molecule has 7 nitrogen and oxygen atoms in total. The summed E-state index contributed by atoms with van der Waals surface area (Å²) >= 11 is 5.94. The topological polar surface area (TPSA) is 84.3 Å². The highest BCUT2D eigenvalue weighted by Crippen LogP contribution is 2.26.